The molecule has 1 aromatic heterocycles. The van der Waals surface area contributed by atoms with Crippen molar-refractivity contribution in [3.8, 4) is 0 Å². The highest BCUT2D eigenvalue weighted by atomic mass is 16.2. The predicted molar refractivity (Wildman–Crippen MR) is 111 cm³/mol. The van der Waals surface area contributed by atoms with Gasteiger partial charge in [-0.15, -0.1) is 0 Å². The van der Waals surface area contributed by atoms with Gasteiger partial charge in [0.1, 0.15) is 5.69 Å². The Bertz CT molecular complexity index is 915. The van der Waals surface area contributed by atoms with E-state index in [0.717, 1.165) is 25.0 Å². The number of benzene rings is 1. The molecule has 0 spiro atoms. The third-order valence-corrected chi connectivity index (χ3v) is 4.67. The van der Waals surface area contributed by atoms with Crippen molar-refractivity contribution in [1.29, 1.82) is 0 Å². The number of amides is 3. The molecular formula is C21H27N5O3. The zero-order chi connectivity index (χ0) is 21.0. The number of rotatable bonds is 6. The van der Waals surface area contributed by atoms with Gasteiger partial charge in [-0.25, -0.2) is 4.98 Å². The summed E-state index contributed by atoms with van der Waals surface area (Å²) in [7, 11) is 0. The number of carbonyl (C=O) groups is 3. The van der Waals surface area contributed by atoms with Crippen LogP contribution in [0.4, 0.5) is 11.4 Å². The zero-order valence-electron chi connectivity index (χ0n) is 17.0. The summed E-state index contributed by atoms with van der Waals surface area (Å²) in [5.74, 6) is -0.165. The topological polar surface area (TPSA) is 105 Å². The molecule has 0 fully saturated rings. The number of nitrogens with zero attached hydrogens (tertiary/aromatic N) is 2. The highest BCUT2D eigenvalue weighted by Crippen LogP contribution is 2.22. The molecule has 2 aromatic rings. The number of hydrogen-bond acceptors (Lipinski definition) is 4. The van der Waals surface area contributed by atoms with Crippen LogP contribution in [0.15, 0.2) is 24.3 Å². The van der Waals surface area contributed by atoms with E-state index in [1.54, 1.807) is 24.3 Å². The molecule has 0 bridgehead atoms. The van der Waals surface area contributed by atoms with Crippen molar-refractivity contribution >= 4 is 29.1 Å². The standard InChI is InChI=1S/C21H27N5O3/c1-13(2)12-22-20(28)18-17-6-4-5-11-26(17)19(25-18)21(29)24-16-9-7-15(8-10-16)23-14(3)27/h7-10,13H,4-6,11-12H2,1-3H3,(H,22,28)(H,23,27)(H,24,29). The number of nitrogens with one attached hydrogen (secondary N) is 3. The maximum absolute atomic E-state index is 12.9. The highest BCUT2D eigenvalue weighted by Gasteiger charge is 2.27. The van der Waals surface area contributed by atoms with Crippen molar-refractivity contribution in [2.24, 2.45) is 5.92 Å². The molecule has 2 heterocycles. The van der Waals surface area contributed by atoms with Crippen LogP contribution >= 0.6 is 0 Å². The maximum atomic E-state index is 12.9. The molecule has 0 saturated heterocycles. The Balaban J connectivity index is 1.79. The summed E-state index contributed by atoms with van der Waals surface area (Å²) in [5, 5.41) is 8.40. The first kappa shape index (κ1) is 20.6. The number of carbonyl (C=O) groups excluding carboxylic acids is 3. The molecule has 0 radical (unpaired) electrons. The predicted octanol–water partition coefficient (Wildman–Crippen LogP) is 2.82. The average molecular weight is 397 g/mol. The molecule has 154 valence electrons. The van der Waals surface area contributed by atoms with E-state index in [2.05, 4.69) is 20.9 Å². The molecule has 0 atom stereocenters. The third-order valence-electron chi connectivity index (χ3n) is 4.67. The number of hydrogen-bond donors (Lipinski definition) is 3. The molecule has 3 rings (SSSR count). The number of fused-ring (bicyclic) bond motifs is 1. The van der Waals surface area contributed by atoms with Gasteiger partial charge in [0.15, 0.2) is 5.82 Å². The van der Waals surface area contributed by atoms with Gasteiger partial charge in [-0.05, 0) is 49.4 Å². The van der Waals surface area contributed by atoms with Gasteiger partial charge in [0.05, 0.1) is 5.69 Å². The van der Waals surface area contributed by atoms with Crippen molar-refractivity contribution in [2.45, 2.75) is 46.6 Å². The average Bonchev–Trinajstić information content (AvgIpc) is 3.07. The Labute approximate surface area is 170 Å². The summed E-state index contributed by atoms with van der Waals surface area (Å²) in [4.78, 5) is 41.0. The van der Waals surface area contributed by atoms with Crippen molar-refractivity contribution in [2.75, 3.05) is 17.2 Å². The lowest BCUT2D eigenvalue weighted by atomic mass is 10.1. The molecule has 8 heteroatoms. The summed E-state index contributed by atoms with van der Waals surface area (Å²) >= 11 is 0. The second kappa shape index (κ2) is 8.89. The number of imidazole rings is 1. The summed E-state index contributed by atoms with van der Waals surface area (Å²) < 4.78 is 1.86. The van der Waals surface area contributed by atoms with Crippen LogP contribution in [0.25, 0.3) is 0 Å². The third kappa shape index (κ3) is 5.01. The quantitative estimate of drug-likeness (QED) is 0.697. The Morgan fingerprint density at radius 2 is 1.69 bits per heavy atom. The van der Waals surface area contributed by atoms with E-state index in [0.29, 0.717) is 36.1 Å². The molecule has 0 saturated carbocycles. The van der Waals surface area contributed by atoms with Gasteiger partial charge < -0.3 is 20.5 Å². The first-order valence-corrected chi connectivity index (χ1v) is 9.91. The van der Waals surface area contributed by atoms with Crippen molar-refractivity contribution in [3.05, 3.63) is 41.5 Å². The molecule has 1 aliphatic rings. The van der Waals surface area contributed by atoms with E-state index in [1.165, 1.54) is 6.92 Å². The minimum Gasteiger partial charge on any atom is -0.350 e. The van der Waals surface area contributed by atoms with Gasteiger partial charge >= 0.3 is 0 Å². The Morgan fingerprint density at radius 1 is 1.03 bits per heavy atom. The number of anilines is 2. The van der Waals surface area contributed by atoms with E-state index in [4.69, 9.17) is 0 Å². The smallest absolute Gasteiger partial charge is 0.291 e. The summed E-state index contributed by atoms with van der Waals surface area (Å²) in [5.41, 5.74) is 2.40. The van der Waals surface area contributed by atoms with E-state index >= 15 is 0 Å². The zero-order valence-corrected chi connectivity index (χ0v) is 17.0. The Morgan fingerprint density at radius 3 is 2.31 bits per heavy atom. The molecule has 1 aromatic carbocycles. The normalized spacial score (nSPS) is 13.0. The molecule has 0 unspecified atom stereocenters. The van der Waals surface area contributed by atoms with Crippen LogP contribution in [0.5, 0.6) is 0 Å². The van der Waals surface area contributed by atoms with Gasteiger partial charge in [-0.2, -0.15) is 0 Å². The highest BCUT2D eigenvalue weighted by molar-refractivity contribution is 6.04. The fraction of sp³-hybridized carbons (Fsp3) is 0.429. The van der Waals surface area contributed by atoms with Crippen molar-refractivity contribution < 1.29 is 14.4 Å². The van der Waals surface area contributed by atoms with Gasteiger partial charge in [0, 0.05) is 31.4 Å². The number of aromatic nitrogens is 2. The lowest BCUT2D eigenvalue weighted by molar-refractivity contribution is -0.114. The van der Waals surface area contributed by atoms with Crippen molar-refractivity contribution in [3.63, 3.8) is 0 Å². The minimum atomic E-state index is -0.358. The van der Waals surface area contributed by atoms with Crippen LogP contribution in [0.1, 0.15) is 60.4 Å². The molecule has 3 N–H and O–H groups in total. The lowest BCUT2D eigenvalue weighted by Crippen LogP contribution is -2.29. The molecule has 3 amide bonds. The summed E-state index contributed by atoms with van der Waals surface area (Å²) in [6, 6.07) is 6.84. The Kier molecular flexibility index (Phi) is 6.31. The fourth-order valence-corrected chi connectivity index (χ4v) is 3.31. The van der Waals surface area contributed by atoms with Crippen LogP contribution in [0.2, 0.25) is 0 Å². The van der Waals surface area contributed by atoms with E-state index in [-0.39, 0.29) is 23.5 Å². The van der Waals surface area contributed by atoms with Gasteiger partial charge in [0.25, 0.3) is 11.8 Å². The van der Waals surface area contributed by atoms with E-state index in [1.807, 2.05) is 18.4 Å². The second-order valence-electron chi connectivity index (χ2n) is 7.66. The van der Waals surface area contributed by atoms with Gasteiger partial charge in [-0.3, -0.25) is 14.4 Å². The van der Waals surface area contributed by atoms with Gasteiger partial charge in [-0.1, -0.05) is 13.8 Å². The van der Waals surface area contributed by atoms with Crippen LogP contribution in [-0.2, 0) is 17.8 Å². The second-order valence-corrected chi connectivity index (χ2v) is 7.66. The van der Waals surface area contributed by atoms with Crippen LogP contribution in [0, 0.1) is 5.92 Å². The van der Waals surface area contributed by atoms with Crippen LogP contribution in [-0.4, -0.2) is 33.8 Å². The molecule has 1 aliphatic heterocycles. The van der Waals surface area contributed by atoms with Crippen LogP contribution < -0.4 is 16.0 Å². The molecular weight excluding hydrogens is 370 g/mol. The molecule has 0 aliphatic carbocycles. The van der Waals surface area contributed by atoms with E-state index in [9.17, 15) is 14.4 Å². The summed E-state index contributed by atoms with van der Waals surface area (Å²) in [6.45, 7) is 6.72. The first-order valence-electron chi connectivity index (χ1n) is 9.91. The SMILES string of the molecule is CC(=O)Nc1ccc(NC(=O)c2nc(C(=O)NCC(C)C)c3n2CCCC3)cc1. The largest absolute Gasteiger partial charge is 0.350 e. The fourth-order valence-electron chi connectivity index (χ4n) is 3.31. The maximum Gasteiger partial charge on any atom is 0.291 e. The first-order chi connectivity index (χ1) is 13.8. The monoisotopic (exact) mass is 397 g/mol. The van der Waals surface area contributed by atoms with E-state index < -0.39 is 0 Å². The molecule has 8 nitrogen and oxygen atoms in total. The van der Waals surface area contributed by atoms with Crippen molar-refractivity contribution in [1.82, 2.24) is 14.9 Å². The van der Waals surface area contributed by atoms with Gasteiger partial charge in [0.2, 0.25) is 5.91 Å². The van der Waals surface area contributed by atoms with Crippen LogP contribution in [0.3, 0.4) is 0 Å². The Hall–Kier alpha value is -3.16. The summed E-state index contributed by atoms with van der Waals surface area (Å²) in [6.07, 6.45) is 2.65. The molecule has 29 heavy (non-hydrogen) atoms. The lowest BCUT2D eigenvalue weighted by Gasteiger charge is -2.17. The minimum absolute atomic E-state index is 0.158.